The minimum Gasteiger partial charge on any atom is -0.388 e. The van der Waals surface area contributed by atoms with Crippen LogP contribution in [0.25, 0.3) is 0 Å². The zero-order chi connectivity index (χ0) is 12.6. The lowest BCUT2D eigenvalue weighted by Crippen LogP contribution is -2.33. The van der Waals surface area contributed by atoms with Crippen LogP contribution in [-0.4, -0.2) is 34.6 Å². The number of amides is 1. The fourth-order valence-electron chi connectivity index (χ4n) is 2.25. The summed E-state index contributed by atoms with van der Waals surface area (Å²) in [6, 6.07) is 2.00. The number of thiophene rings is 1. The van der Waals surface area contributed by atoms with Gasteiger partial charge in [0.05, 0.1) is 10.5 Å². The van der Waals surface area contributed by atoms with Gasteiger partial charge in [-0.25, -0.2) is 0 Å². The lowest BCUT2D eigenvalue weighted by atomic mass is 10.1. The van der Waals surface area contributed by atoms with Gasteiger partial charge in [-0.3, -0.25) is 4.79 Å². The van der Waals surface area contributed by atoms with Gasteiger partial charge < -0.3 is 10.0 Å². The topological polar surface area (TPSA) is 40.5 Å². The highest BCUT2D eigenvalue weighted by atomic mass is 32.1. The lowest BCUT2D eigenvalue weighted by molar-refractivity contribution is 0.0575. The zero-order valence-corrected chi connectivity index (χ0v) is 11.4. The molecule has 1 N–H and O–H groups in total. The number of likely N-dealkylation sites (tertiary alicyclic amines) is 1. The maximum absolute atomic E-state index is 12.2. The summed E-state index contributed by atoms with van der Waals surface area (Å²) in [5.74, 6) is 0.0653. The summed E-state index contributed by atoms with van der Waals surface area (Å²) in [4.78, 5) is 16.0. The van der Waals surface area contributed by atoms with Crippen LogP contribution in [0.2, 0.25) is 0 Å². The molecule has 0 aromatic carbocycles. The largest absolute Gasteiger partial charge is 0.388 e. The highest BCUT2D eigenvalue weighted by molar-refractivity contribution is 7.14. The third-order valence-electron chi connectivity index (χ3n) is 3.35. The molecule has 17 heavy (non-hydrogen) atoms. The molecule has 0 bridgehead atoms. The maximum atomic E-state index is 12.2. The predicted molar refractivity (Wildman–Crippen MR) is 69.6 cm³/mol. The standard InChI is InChI=1S/C13H19NO2S/c1-4-10-7-11(17-9(10)2)12(15)14-6-5-13(3,16)8-14/h7,16H,4-6,8H2,1-3H3. The van der Waals surface area contributed by atoms with Crippen LogP contribution < -0.4 is 0 Å². The van der Waals surface area contributed by atoms with Gasteiger partial charge in [0.2, 0.25) is 0 Å². The van der Waals surface area contributed by atoms with Crippen LogP contribution in [-0.2, 0) is 6.42 Å². The predicted octanol–water partition coefficient (Wildman–Crippen LogP) is 2.22. The number of β-amino-alcohol motifs (C(OH)–C–C–N with tert-alkyl or cyclic N) is 1. The average Bonchev–Trinajstić information content (AvgIpc) is 2.80. The van der Waals surface area contributed by atoms with Crippen LogP contribution in [0.15, 0.2) is 6.07 Å². The van der Waals surface area contributed by atoms with E-state index >= 15 is 0 Å². The van der Waals surface area contributed by atoms with Crippen LogP contribution in [0, 0.1) is 6.92 Å². The van der Waals surface area contributed by atoms with Crippen molar-refractivity contribution >= 4 is 17.2 Å². The fraction of sp³-hybridized carbons (Fsp3) is 0.615. The minimum atomic E-state index is -0.713. The Labute approximate surface area is 106 Å². The van der Waals surface area contributed by atoms with Crippen LogP contribution in [0.3, 0.4) is 0 Å². The number of hydrogen-bond donors (Lipinski definition) is 1. The molecule has 1 amide bonds. The van der Waals surface area contributed by atoms with Crippen LogP contribution in [0.1, 0.15) is 40.4 Å². The Morgan fingerprint density at radius 2 is 2.35 bits per heavy atom. The molecule has 2 rings (SSSR count). The first kappa shape index (κ1) is 12.6. The van der Waals surface area contributed by atoms with Gasteiger partial charge in [-0.15, -0.1) is 11.3 Å². The van der Waals surface area contributed by atoms with Gasteiger partial charge in [-0.1, -0.05) is 6.92 Å². The summed E-state index contributed by atoms with van der Waals surface area (Å²) in [5, 5.41) is 9.88. The zero-order valence-electron chi connectivity index (χ0n) is 10.6. The third-order valence-corrected chi connectivity index (χ3v) is 4.43. The summed E-state index contributed by atoms with van der Waals surface area (Å²) in [7, 11) is 0. The highest BCUT2D eigenvalue weighted by Crippen LogP contribution is 2.27. The molecule has 3 nitrogen and oxygen atoms in total. The molecule has 0 radical (unpaired) electrons. The van der Waals surface area contributed by atoms with Crippen molar-refractivity contribution in [3.63, 3.8) is 0 Å². The molecule has 1 fully saturated rings. The van der Waals surface area contributed by atoms with Crippen LogP contribution >= 0.6 is 11.3 Å². The first-order chi connectivity index (χ1) is 7.93. The van der Waals surface area contributed by atoms with Crippen molar-refractivity contribution in [1.29, 1.82) is 0 Å². The van der Waals surface area contributed by atoms with Crippen molar-refractivity contribution in [2.45, 2.75) is 39.2 Å². The monoisotopic (exact) mass is 253 g/mol. The molecule has 0 spiro atoms. The Hall–Kier alpha value is -0.870. The molecule has 0 aliphatic carbocycles. The number of rotatable bonds is 2. The Morgan fingerprint density at radius 3 is 2.82 bits per heavy atom. The van der Waals surface area contributed by atoms with Gasteiger partial charge in [0, 0.05) is 18.0 Å². The number of carbonyl (C=O) groups is 1. The summed E-state index contributed by atoms with van der Waals surface area (Å²) in [6.45, 7) is 7.05. The second-order valence-electron chi connectivity index (χ2n) is 5.02. The summed E-state index contributed by atoms with van der Waals surface area (Å²) < 4.78 is 0. The van der Waals surface area contributed by atoms with Crippen molar-refractivity contribution in [1.82, 2.24) is 4.90 Å². The van der Waals surface area contributed by atoms with E-state index in [1.54, 1.807) is 23.2 Å². The molecular weight excluding hydrogens is 234 g/mol. The number of carbonyl (C=O) groups excluding carboxylic acids is 1. The molecule has 1 aliphatic rings. The van der Waals surface area contributed by atoms with Crippen molar-refractivity contribution < 1.29 is 9.90 Å². The van der Waals surface area contributed by atoms with Crippen molar-refractivity contribution in [3.05, 3.63) is 21.4 Å². The van der Waals surface area contributed by atoms with Crippen LogP contribution in [0.4, 0.5) is 0 Å². The van der Waals surface area contributed by atoms with Gasteiger partial charge in [-0.05, 0) is 38.3 Å². The van der Waals surface area contributed by atoms with Gasteiger partial charge in [0.25, 0.3) is 5.91 Å². The van der Waals surface area contributed by atoms with E-state index in [2.05, 4.69) is 13.8 Å². The number of aryl methyl sites for hydroxylation is 2. The molecule has 1 aromatic rings. The molecule has 2 heterocycles. The molecule has 94 valence electrons. The number of nitrogens with zero attached hydrogens (tertiary/aromatic N) is 1. The van der Waals surface area contributed by atoms with E-state index in [-0.39, 0.29) is 5.91 Å². The second-order valence-corrected chi connectivity index (χ2v) is 6.28. The Bertz CT molecular complexity index is 437. The molecule has 1 atom stereocenters. The van der Waals surface area contributed by atoms with E-state index in [0.717, 1.165) is 11.3 Å². The minimum absolute atomic E-state index is 0.0653. The van der Waals surface area contributed by atoms with Gasteiger partial charge in [0.1, 0.15) is 0 Å². The van der Waals surface area contributed by atoms with Gasteiger partial charge in [-0.2, -0.15) is 0 Å². The average molecular weight is 253 g/mol. The summed E-state index contributed by atoms with van der Waals surface area (Å²) in [5.41, 5.74) is 0.541. The second kappa shape index (κ2) is 4.42. The third kappa shape index (κ3) is 2.53. The molecule has 1 aliphatic heterocycles. The van der Waals surface area contributed by atoms with E-state index in [1.807, 2.05) is 6.07 Å². The first-order valence-corrected chi connectivity index (χ1v) is 6.85. The highest BCUT2D eigenvalue weighted by Gasteiger charge is 2.34. The van der Waals surface area contributed by atoms with E-state index < -0.39 is 5.60 Å². The Balaban J connectivity index is 2.15. The Morgan fingerprint density at radius 1 is 1.65 bits per heavy atom. The van der Waals surface area contributed by atoms with Crippen molar-refractivity contribution in [2.75, 3.05) is 13.1 Å². The molecule has 1 aromatic heterocycles. The maximum Gasteiger partial charge on any atom is 0.264 e. The van der Waals surface area contributed by atoms with E-state index in [9.17, 15) is 9.90 Å². The van der Waals surface area contributed by atoms with Crippen molar-refractivity contribution in [3.8, 4) is 0 Å². The molecule has 4 heteroatoms. The van der Waals surface area contributed by atoms with E-state index in [4.69, 9.17) is 0 Å². The fourth-order valence-corrected chi connectivity index (χ4v) is 3.33. The summed E-state index contributed by atoms with van der Waals surface area (Å²) in [6.07, 6.45) is 1.64. The molecule has 1 saturated heterocycles. The first-order valence-electron chi connectivity index (χ1n) is 6.04. The number of hydrogen-bond acceptors (Lipinski definition) is 3. The molecular formula is C13H19NO2S. The smallest absolute Gasteiger partial charge is 0.264 e. The molecule has 0 saturated carbocycles. The van der Waals surface area contributed by atoms with Crippen LogP contribution in [0.5, 0.6) is 0 Å². The van der Waals surface area contributed by atoms with Gasteiger partial charge in [0.15, 0.2) is 0 Å². The van der Waals surface area contributed by atoms with E-state index in [0.29, 0.717) is 19.5 Å². The quantitative estimate of drug-likeness (QED) is 0.878. The van der Waals surface area contributed by atoms with Gasteiger partial charge >= 0.3 is 0 Å². The SMILES string of the molecule is CCc1cc(C(=O)N2CCC(C)(O)C2)sc1C. The summed E-state index contributed by atoms with van der Waals surface area (Å²) >= 11 is 1.56. The van der Waals surface area contributed by atoms with Crippen molar-refractivity contribution in [2.24, 2.45) is 0 Å². The normalized spacial score (nSPS) is 24.4. The Kier molecular flexibility index (Phi) is 3.27. The van der Waals surface area contributed by atoms with E-state index in [1.165, 1.54) is 10.4 Å². The number of aliphatic hydroxyl groups is 1. The lowest BCUT2D eigenvalue weighted by Gasteiger charge is -2.18. The molecule has 1 unspecified atom stereocenters.